The van der Waals surface area contributed by atoms with Crippen LogP contribution in [0.1, 0.15) is 39.0 Å². The maximum atomic E-state index is 11.8. The van der Waals surface area contributed by atoms with E-state index in [9.17, 15) is 4.79 Å². The van der Waals surface area contributed by atoms with Gasteiger partial charge in [0.2, 0.25) is 5.91 Å². The Morgan fingerprint density at radius 1 is 1.41 bits per heavy atom. The molecule has 0 atom stereocenters. The lowest BCUT2D eigenvalue weighted by Gasteiger charge is -2.24. The SMILES string of the molecule is CCC1=NN(CC2=C(Cl)CCC=C2)C(=O)CC1. The first kappa shape index (κ1) is 12.4. The van der Waals surface area contributed by atoms with Crippen LogP contribution in [0.25, 0.3) is 0 Å². The number of carbonyl (C=O) groups is 1. The van der Waals surface area contributed by atoms with Crippen LogP contribution in [0.15, 0.2) is 27.9 Å². The van der Waals surface area contributed by atoms with E-state index in [1.807, 2.05) is 6.08 Å². The fourth-order valence-electron chi connectivity index (χ4n) is 2.01. The van der Waals surface area contributed by atoms with Crippen LogP contribution in [-0.4, -0.2) is 23.2 Å². The zero-order valence-electron chi connectivity index (χ0n) is 10.1. The third kappa shape index (κ3) is 2.97. The molecule has 0 saturated heterocycles. The molecule has 0 radical (unpaired) electrons. The smallest absolute Gasteiger partial charge is 0.243 e. The summed E-state index contributed by atoms with van der Waals surface area (Å²) >= 11 is 6.16. The molecule has 0 N–H and O–H groups in total. The first-order chi connectivity index (χ1) is 8.20. The van der Waals surface area contributed by atoms with E-state index in [-0.39, 0.29) is 5.91 Å². The lowest BCUT2D eigenvalue weighted by molar-refractivity contribution is -0.131. The van der Waals surface area contributed by atoms with Gasteiger partial charge in [-0.1, -0.05) is 30.7 Å². The van der Waals surface area contributed by atoms with E-state index in [0.717, 1.165) is 42.0 Å². The van der Waals surface area contributed by atoms with Crippen molar-refractivity contribution in [2.45, 2.75) is 39.0 Å². The minimum atomic E-state index is 0.0955. The van der Waals surface area contributed by atoms with Gasteiger partial charge in [-0.3, -0.25) is 4.79 Å². The Balaban J connectivity index is 2.12. The van der Waals surface area contributed by atoms with E-state index < -0.39 is 0 Å². The highest BCUT2D eigenvalue weighted by molar-refractivity contribution is 6.30. The molecular weight excluding hydrogens is 236 g/mol. The van der Waals surface area contributed by atoms with Gasteiger partial charge in [0.05, 0.1) is 6.54 Å². The zero-order chi connectivity index (χ0) is 12.3. The maximum Gasteiger partial charge on any atom is 0.243 e. The highest BCUT2D eigenvalue weighted by Crippen LogP contribution is 2.24. The molecule has 0 unspecified atom stereocenters. The van der Waals surface area contributed by atoms with Crippen LogP contribution in [0, 0.1) is 0 Å². The molecule has 17 heavy (non-hydrogen) atoms. The zero-order valence-corrected chi connectivity index (χ0v) is 10.8. The summed E-state index contributed by atoms with van der Waals surface area (Å²) in [6, 6.07) is 0. The van der Waals surface area contributed by atoms with Gasteiger partial charge >= 0.3 is 0 Å². The van der Waals surface area contributed by atoms with Gasteiger partial charge in [0.15, 0.2) is 0 Å². The number of nitrogens with zero attached hydrogens (tertiary/aromatic N) is 2. The second-order valence-electron chi connectivity index (χ2n) is 4.34. The van der Waals surface area contributed by atoms with Crippen LogP contribution >= 0.6 is 11.6 Å². The molecule has 2 rings (SSSR count). The van der Waals surface area contributed by atoms with Crippen LogP contribution in [0.5, 0.6) is 0 Å². The maximum absolute atomic E-state index is 11.8. The quantitative estimate of drug-likeness (QED) is 0.759. The normalized spacial score (nSPS) is 20.9. The van der Waals surface area contributed by atoms with E-state index in [2.05, 4.69) is 18.1 Å². The Morgan fingerprint density at radius 3 is 2.94 bits per heavy atom. The predicted molar refractivity (Wildman–Crippen MR) is 69.9 cm³/mol. The molecule has 1 amide bonds. The number of carbonyl (C=O) groups excluding carboxylic acids is 1. The summed E-state index contributed by atoms with van der Waals surface area (Å²) in [5.41, 5.74) is 2.12. The molecular formula is C13H17ClN2O. The van der Waals surface area contributed by atoms with Crippen molar-refractivity contribution < 1.29 is 4.79 Å². The molecule has 92 valence electrons. The summed E-state index contributed by atoms with van der Waals surface area (Å²) < 4.78 is 0. The van der Waals surface area contributed by atoms with E-state index in [0.29, 0.717) is 13.0 Å². The number of hydrogen-bond donors (Lipinski definition) is 0. The van der Waals surface area contributed by atoms with Crippen molar-refractivity contribution in [2.24, 2.45) is 5.10 Å². The van der Waals surface area contributed by atoms with Crippen molar-refractivity contribution in [3.05, 3.63) is 22.8 Å². The second kappa shape index (κ2) is 5.50. The fraction of sp³-hybridized carbons (Fsp3) is 0.538. The first-order valence-electron chi connectivity index (χ1n) is 6.11. The number of halogens is 1. The van der Waals surface area contributed by atoms with Crippen LogP contribution in [0.2, 0.25) is 0 Å². The monoisotopic (exact) mass is 252 g/mol. The molecule has 1 aliphatic heterocycles. The Hall–Kier alpha value is -1.09. The summed E-state index contributed by atoms with van der Waals surface area (Å²) in [5, 5.41) is 6.81. The van der Waals surface area contributed by atoms with E-state index in [4.69, 9.17) is 11.6 Å². The van der Waals surface area contributed by atoms with Crippen molar-refractivity contribution in [1.29, 1.82) is 0 Å². The number of amides is 1. The van der Waals surface area contributed by atoms with Crippen LogP contribution in [0.3, 0.4) is 0 Å². The molecule has 0 aromatic heterocycles. The van der Waals surface area contributed by atoms with Gasteiger partial charge < -0.3 is 0 Å². The standard InChI is InChI=1S/C13H17ClN2O/c1-2-11-7-8-13(17)16(15-11)9-10-5-3-4-6-12(10)14/h3,5H,2,4,6-9H2,1H3. The van der Waals surface area contributed by atoms with Gasteiger partial charge in [-0.05, 0) is 31.3 Å². The van der Waals surface area contributed by atoms with Crippen molar-refractivity contribution in [3.8, 4) is 0 Å². The molecule has 0 spiro atoms. The van der Waals surface area contributed by atoms with Gasteiger partial charge in [-0.25, -0.2) is 5.01 Å². The van der Waals surface area contributed by atoms with Crippen LogP contribution in [-0.2, 0) is 4.79 Å². The van der Waals surface area contributed by atoms with Crippen molar-refractivity contribution in [2.75, 3.05) is 6.54 Å². The molecule has 1 heterocycles. The molecule has 2 aliphatic rings. The average Bonchev–Trinajstić information content (AvgIpc) is 2.35. The summed E-state index contributed by atoms with van der Waals surface area (Å²) in [6.45, 7) is 2.58. The van der Waals surface area contributed by atoms with Crippen molar-refractivity contribution >= 4 is 23.2 Å². The number of rotatable bonds is 3. The van der Waals surface area contributed by atoms with Gasteiger partial charge in [0, 0.05) is 17.2 Å². The van der Waals surface area contributed by atoms with Crippen LogP contribution < -0.4 is 0 Å². The first-order valence-corrected chi connectivity index (χ1v) is 6.49. The van der Waals surface area contributed by atoms with Crippen LogP contribution in [0.4, 0.5) is 0 Å². The lowest BCUT2D eigenvalue weighted by Crippen LogP contribution is -2.33. The molecule has 3 nitrogen and oxygen atoms in total. The Morgan fingerprint density at radius 2 is 2.24 bits per heavy atom. The average molecular weight is 253 g/mol. The summed E-state index contributed by atoms with van der Waals surface area (Å²) in [4.78, 5) is 11.8. The molecule has 1 aliphatic carbocycles. The highest BCUT2D eigenvalue weighted by atomic mass is 35.5. The largest absolute Gasteiger partial charge is 0.273 e. The Labute approximate surface area is 107 Å². The molecule has 4 heteroatoms. The highest BCUT2D eigenvalue weighted by Gasteiger charge is 2.21. The fourth-order valence-corrected chi connectivity index (χ4v) is 2.25. The topological polar surface area (TPSA) is 32.7 Å². The summed E-state index contributed by atoms with van der Waals surface area (Å²) in [6.07, 6.45) is 8.25. The molecule has 0 bridgehead atoms. The van der Waals surface area contributed by atoms with E-state index >= 15 is 0 Å². The Kier molecular flexibility index (Phi) is 4.00. The third-order valence-corrected chi connectivity index (χ3v) is 3.54. The molecule has 0 fully saturated rings. The summed E-state index contributed by atoms with van der Waals surface area (Å²) in [7, 11) is 0. The molecule has 0 aromatic carbocycles. The Bertz CT molecular complexity index is 410. The number of hydrogen-bond acceptors (Lipinski definition) is 2. The predicted octanol–water partition coefficient (Wildman–Crippen LogP) is 3.22. The second-order valence-corrected chi connectivity index (χ2v) is 4.80. The van der Waals surface area contributed by atoms with Gasteiger partial charge in [0.1, 0.15) is 0 Å². The lowest BCUT2D eigenvalue weighted by atomic mass is 10.1. The van der Waals surface area contributed by atoms with Crippen molar-refractivity contribution in [3.63, 3.8) is 0 Å². The van der Waals surface area contributed by atoms with E-state index in [1.54, 1.807) is 5.01 Å². The van der Waals surface area contributed by atoms with Gasteiger partial charge in [-0.15, -0.1) is 0 Å². The van der Waals surface area contributed by atoms with E-state index in [1.165, 1.54) is 0 Å². The van der Waals surface area contributed by atoms with Gasteiger partial charge in [0.25, 0.3) is 0 Å². The number of allylic oxidation sites excluding steroid dienone is 2. The van der Waals surface area contributed by atoms with Crippen molar-refractivity contribution in [1.82, 2.24) is 5.01 Å². The molecule has 0 saturated carbocycles. The molecule has 0 aromatic rings. The minimum Gasteiger partial charge on any atom is -0.273 e. The van der Waals surface area contributed by atoms with Gasteiger partial charge in [-0.2, -0.15) is 5.10 Å². The number of hydrazone groups is 1. The third-order valence-electron chi connectivity index (χ3n) is 3.10. The minimum absolute atomic E-state index is 0.0955. The summed E-state index contributed by atoms with van der Waals surface area (Å²) in [5.74, 6) is 0.0955.